The van der Waals surface area contributed by atoms with Crippen molar-refractivity contribution in [2.24, 2.45) is 5.73 Å². The normalized spacial score (nSPS) is 16.4. The first-order valence-corrected chi connectivity index (χ1v) is 9.70. The van der Waals surface area contributed by atoms with E-state index in [1.807, 2.05) is 37.4 Å². The van der Waals surface area contributed by atoms with Crippen molar-refractivity contribution in [3.8, 4) is 5.75 Å². The molecule has 1 fully saturated rings. The van der Waals surface area contributed by atoms with Crippen LogP contribution in [0.5, 0.6) is 5.75 Å². The summed E-state index contributed by atoms with van der Waals surface area (Å²) in [6.07, 6.45) is 0. The maximum Gasteiger partial charge on any atom is 0.300 e. The van der Waals surface area contributed by atoms with Gasteiger partial charge in [-0.1, -0.05) is 30.3 Å². The molecule has 0 bridgehead atoms. The molecule has 0 aliphatic carbocycles. The number of likely N-dealkylation sites (N-methyl/N-ethyl adjacent to an activating group) is 1. The number of piperazine rings is 1. The van der Waals surface area contributed by atoms with Gasteiger partial charge in [0.2, 0.25) is 0 Å². The van der Waals surface area contributed by atoms with Gasteiger partial charge in [-0.3, -0.25) is 9.59 Å². The molecule has 3 rings (SSSR count). The number of benzene rings is 2. The highest BCUT2D eigenvalue weighted by molar-refractivity contribution is 5.97. The lowest BCUT2D eigenvalue weighted by Gasteiger charge is -2.40. The molecular formula is C22H28FN3O4. The molecule has 1 aliphatic heterocycles. The SMILES string of the molecule is CC(=O)O.CN1CCN(C(=O)c2cc(F)ccc2OCCN)[C@@H](c2ccccc2)C1. The number of amides is 1. The van der Waals surface area contributed by atoms with Gasteiger partial charge in [-0.25, -0.2) is 4.39 Å². The van der Waals surface area contributed by atoms with E-state index in [0.29, 0.717) is 18.8 Å². The zero-order chi connectivity index (χ0) is 22.1. The van der Waals surface area contributed by atoms with Gasteiger partial charge in [0, 0.05) is 33.1 Å². The number of aliphatic carboxylic acids is 1. The number of carbonyl (C=O) groups excluding carboxylic acids is 1. The van der Waals surface area contributed by atoms with E-state index in [1.54, 1.807) is 4.90 Å². The Morgan fingerprint density at radius 2 is 1.87 bits per heavy atom. The van der Waals surface area contributed by atoms with Gasteiger partial charge < -0.3 is 25.4 Å². The number of nitrogens with two attached hydrogens (primary N) is 1. The Morgan fingerprint density at radius 3 is 2.50 bits per heavy atom. The fourth-order valence-electron chi connectivity index (χ4n) is 3.24. The largest absolute Gasteiger partial charge is 0.491 e. The van der Waals surface area contributed by atoms with Crippen molar-refractivity contribution in [3.05, 3.63) is 65.5 Å². The highest BCUT2D eigenvalue weighted by atomic mass is 19.1. The second kappa shape index (κ2) is 11.3. The summed E-state index contributed by atoms with van der Waals surface area (Å²) in [5, 5.41) is 7.42. The van der Waals surface area contributed by atoms with Crippen LogP contribution in [0.4, 0.5) is 4.39 Å². The van der Waals surface area contributed by atoms with Crippen molar-refractivity contribution in [1.82, 2.24) is 9.80 Å². The van der Waals surface area contributed by atoms with Crippen molar-refractivity contribution in [2.75, 3.05) is 39.8 Å². The van der Waals surface area contributed by atoms with Crippen molar-refractivity contribution in [1.29, 1.82) is 0 Å². The lowest BCUT2D eigenvalue weighted by molar-refractivity contribution is -0.134. The van der Waals surface area contributed by atoms with Gasteiger partial charge in [-0.15, -0.1) is 0 Å². The van der Waals surface area contributed by atoms with E-state index in [4.69, 9.17) is 20.4 Å². The lowest BCUT2D eigenvalue weighted by Crippen LogP contribution is -2.49. The minimum atomic E-state index is -0.833. The summed E-state index contributed by atoms with van der Waals surface area (Å²) in [5.41, 5.74) is 6.79. The Hall–Kier alpha value is -2.97. The highest BCUT2D eigenvalue weighted by Crippen LogP contribution is 2.29. The van der Waals surface area contributed by atoms with E-state index in [2.05, 4.69) is 4.90 Å². The Morgan fingerprint density at radius 1 is 1.20 bits per heavy atom. The molecule has 3 N–H and O–H groups in total. The second-order valence-corrected chi connectivity index (χ2v) is 6.98. The maximum atomic E-state index is 13.8. The summed E-state index contributed by atoms with van der Waals surface area (Å²) in [6, 6.07) is 13.8. The molecule has 1 heterocycles. The summed E-state index contributed by atoms with van der Waals surface area (Å²) >= 11 is 0. The van der Waals surface area contributed by atoms with E-state index in [9.17, 15) is 9.18 Å². The topological polar surface area (TPSA) is 96.1 Å². The minimum absolute atomic E-state index is 0.0897. The standard InChI is InChI=1S/C20H24FN3O2.C2H4O2/c1-23-10-11-24(18(14-23)15-5-3-2-4-6-15)20(25)17-13-16(21)7-8-19(17)26-12-9-22;1-2(3)4/h2-8,13,18H,9-12,14,22H2,1H3;1H3,(H,3,4)/t18-;/m1./s1. The molecule has 1 amide bonds. The maximum absolute atomic E-state index is 13.8. The number of carbonyl (C=O) groups is 2. The fraction of sp³-hybridized carbons (Fsp3) is 0.364. The average Bonchev–Trinajstić information content (AvgIpc) is 2.72. The van der Waals surface area contributed by atoms with Crippen LogP contribution >= 0.6 is 0 Å². The number of carboxylic acid groups (broad SMARTS) is 1. The molecule has 2 aromatic carbocycles. The molecule has 2 aromatic rings. The number of carboxylic acids is 1. The molecule has 0 saturated carbocycles. The second-order valence-electron chi connectivity index (χ2n) is 6.98. The zero-order valence-electron chi connectivity index (χ0n) is 17.3. The molecule has 0 spiro atoms. The summed E-state index contributed by atoms with van der Waals surface area (Å²) < 4.78 is 19.4. The molecule has 7 nitrogen and oxygen atoms in total. The number of nitrogens with zero attached hydrogens (tertiary/aromatic N) is 2. The number of halogens is 1. The van der Waals surface area contributed by atoms with Gasteiger partial charge in [0.25, 0.3) is 11.9 Å². The number of hydrogen-bond acceptors (Lipinski definition) is 5. The van der Waals surface area contributed by atoms with Crippen LogP contribution in [0.15, 0.2) is 48.5 Å². The third-order valence-electron chi connectivity index (χ3n) is 4.58. The molecular weight excluding hydrogens is 389 g/mol. The van der Waals surface area contributed by atoms with E-state index < -0.39 is 11.8 Å². The predicted molar refractivity (Wildman–Crippen MR) is 112 cm³/mol. The first kappa shape index (κ1) is 23.3. The van der Waals surface area contributed by atoms with Gasteiger partial charge in [0.1, 0.15) is 18.2 Å². The predicted octanol–water partition coefficient (Wildman–Crippen LogP) is 2.38. The number of rotatable bonds is 5. The van der Waals surface area contributed by atoms with Crippen LogP contribution in [-0.4, -0.2) is 66.6 Å². The first-order valence-electron chi connectivity index (χ1n) is 9.70. The summed E-state index contributed by atoms with van der Waals surface area (Å²) in [6.45, 7) is 3.75. The summed E-state index contributed by atoms with van der Waals surface area (Å²) in [7, 11) is 2.04. The van der Waals surface area contributed by atoms with Crippen LogP contribution in [0, 0.1) is 5.82 Å². The van der Waals surface area contributed by atoms with Crippen molar-refractivity contribution >= 4 is 11.9 Å². The van der Waals surface area contributed by atoms with Gasteiger partial charge in [-0.2, -0.15) is 0 Å². The minimum Gasteiger partial charge on any atom is -0.491 e. The molecule has 1 aliphatic rings. The number of hydrogen-bond donors (Lipinski definition) is 2. The molecule has 162 valence electrons. The van der Waals surface area contributed by atoms with Crippen LogP contribution in [-0.2, 0) is 4.79 Å². The monoisotopic (exact) mass is 417 g/mol. The Balaban J connectivity index is 0.000000735. The van der Waals surface area contributed by atoms with E-state index >= 15 is 0 Å². The van der Waals surface area contributed by atoms with Crippen LogP contribution in [0.25, 0.3) is 0 Å². The van der Waals surface area contributed by atoms with Crippen molar-refractivity contribution in [2.45, 2.75) is 13.0 Å². The van der Waals surface area contributed by atoms with Gasteiger partial charge in [-0.05, 0) is 30.8 Å². The highest BCUT2D eigenvalue weighted by Gasteiger charge is 2.32. The van der Waals surface area contributed by atoms with Gasteiger partial charge >= 0.3 is 0 Å². The molecule has 30 heavy (non-hydrogen) atoms. The molecule has 1 saturated heterocycles. The summed E-state index contributed by atoms with van der Waals surface area (Å²) in [5.74, 6) is -1.15. The van der Waals surface area contributed by atoms with Crippen LogP contribution in [0.3, 0.4) is 0 Å². The van der Waals surface area contributed by atoms with Crippen LogP contribution < -0.4 is 10.5 Å². The Kier molecular flexibility index (Phi) is 8.76. The molecule has 8 heteroatoms. The first-order chi connectivity index (χ1) is 14.3. The van der Waals surface area contributed by atoms with Crippen molar-refractivity contribution in [3.63, 3.8) is 0 Å². The third-order valence-corrected chi connectivity index (χ3v) is 4.58. The average molecular weight is 417 g/mol. The van der Waals surface area contributed by atoms with Crippen molar-refractivity contribution < 1.29 is 23.8 Å². The molecule has 0 aromatic heterocycles. The fourth-order valence-corrected chi connectivity index (χ4v) is 3.24. The number of ether oxygens (including phenoxy) is 1. The Bertz CT molecular complexity index is 844. The quantitative estimate of drug-likeness (QED) is 0.776. The van der Waals surface area contributed by atoms with E-state index in [0.717, 1.165) is 25.6 Å². The van der Waals surface area contributed by atoms with Crippen LogP contribution in [0.1, 0.15) is 28.9 Å². The smallest absolute Gasteiger partial charge is 0.300 e. The summed E-state index contributed by atoms with van der Waals surface area (Å²) in [4.78, 5) is 26.3. The van der Waals surface area contributed by atoms with E-state index in [-0.39, 0.29) is 24.1 Å². The Labute approximate surface area is 175 Å². The molecule has 0 unspecified atom stereocenters. The van der Waals surface area contributed by atoms with Gasteiger partial charge in [0.15, 0.2) is 0 Å². The third kappa shape index (κ3) is 6.53. The van der Waals surface area contributed by atoms with Gasteiger partial charge in [0.05, 0.1) is 11.6 Å². The zero-order valence-corrected chi connectivity index (χ0v) is 17.3. The molecule has 0 radical (unpaired) electrons. The lowest BCUT2D eigenvalue weighted by atomic mass is 10.0. The molecule has 1 atom stereocenters. The van der Waals surface area contributed by atoms with Crippen LogP contribution in [0.2, 0.25) is 0 Å². The van der Waals surface area contributed by atoms with E-state index in [1.165, 1.54) is 18.2 Å².